The third-order valence-corrected chi connectivity index (χ3v) is 6.22. The molecule has 4 aromatic rings. The minimum absolute atomic E-state index is 0.0690. The molecule has 0 unspecified atom stereocenters. The molecule has 4 rings (SSSR count). The number of carbonyl (C=O) groups excluding carboxylic acids is 2. The van der Waals surface area contributed by atoms with Gasteiger partial charge in [-0.2, -0.15) is 0 Å². The molecular formula is C29H30N4O5. The van der Waals surface area contributed by atoms with Crippen molar-refractivity contribution >= 4 is 34.1 Å². The van der Waals surface area contributed by atoms with Crippen molar-refractivity contribution in [3.63, 3.8) is 0 Å². The molecule has 0 aliphatic rings. The third-order valence-electron chi connectivity index (χ3n) is 6.22. The Labute approximate surface area is 220 Å². The van der Waals surface area contributed by atoms with Gasteiger partial charge in [-0.3, -0.25) is 14.4 Å². The standard InChI is InChI=1S/C29H30N4O5/c1-17-9-10-19(27(34)31-11-5-7-18-6-4-8-21(30)12-18)14-23(17)32-28(35)22-13-20-15-25(37-2)26(38-3)16-24(20)33-29(22)36/h4,6,8-10,12-16H,5,7,11,30H2,1-3H3,(H,31,34)(H,32,35)(H,33,36). The molecule has 5 N–H and O–H groups in total. The smallest absolute Gasteiger partial charge is 0.261 e. The number of anilines is 2. The Morgan fingerprint density at radius 2 is 1.71 bits per heavy atom. The fourth-order valence-electron chi connectivity index (χ4n) is 4.13. The van der Waals surface area contributed by atoms with Crippen molar-refractivity contribution in [2.75, 3.05) is 31.8 Å². The Bertz CT molecular complexity index is 1560. The zero-order valence-electron chi connectivity index (χ0n) is 21.5. The van der Waals surface area contributed by atoms with Crippen LogP contribution in [0.2, 0.25) is 0 Å². The summed E-state index contributed by atoms with van der Waals surface area (Å²) in [5.74, 6) is 0.0904. The van der Waals surface area contributed by atoms with Gasteiger partial charge in [0.05, 0.1) is 19.7 Å². The van der Waals surface area contributed by atoms with Crippen LogP contribution in [0.4, 0.5) is 11.4 Å². The number of rotatable bonds is 9. The van der Waals surface area contributed by atoms with E-state index in [2.05, 4.69) is 15.6 Å². The van der Waals surface area contributed by atoms with Gasteiger partial charge in [0, 0.05) is 34.9 Å². The molecule has 0 saturated heterocycles. The average Bonchev–Trinajstić information content (AvgIpc) is 2.91. The van der Waals surface area contributed by atoms with E-state index in [0.29, 0.717) is 45.9 Å². The predicted octanol–water partition coefficient (Wildman–Crippen LogP) is 4.05. The van der Waals surface area contributed by atoms with Crippen LogP contribution in [-0.4, -0.2) is 37.6 Å². The highest BCUT2D eigenvalue weighted by molar-refractivity contribution is 6.07. The lowest BCUT2D eigenvalue weighted by atomic mass is 10.1. The van der Waals surface area contributed by atoms with Crippen LogP contribution in [0.15, 0.2) is 65.5 Å². The second kappa shape index (κ2) is 11.5. The van der Waals surface area contributed by atoms with Crippen molar-refractivity contribution in [2.24, 2.45) is 0 Å². The number of nitrogens with one attached hydrogen (secondary N) is 3. The molecule has 2 amide bonds. The lowest BCUT2D eigenvalue weighted by Gasteiger charge is -2.12. The van der Waals surface area contributed by atoms with Gasteiger partial charge in [-0.15, -0.1) is 0 Å². The number of aryl methyl sites for hydroxylation is 2. The molecule has 0 atom stereocenters. The van der Waals surface area contributed by atoms with Gasteiger partial charge in [-0.1, -0.05) is 18.2 Å². The Morgan fingerprint density at radius 1 is 0.947 bits per heavy atom. The van der Waals surface area contributed by atoms with Gasteiger partial charge < -0.3 is 30.8 Å². The van der Waals surface area contributed by atoms with Crippen LogP contribution >= 0.6 is 0 Å². The van der Waals surface area contributed by atoms with Crippen molar-refractivity contribution in [1.29, 1.82) is 0 Å². The van der Waals surface area contributed by atoms with E-state index in [4.69, 9.17) is 15.2 Å². The van der Waals surface area contributed by atoms with Gasteiger partial charge in [-0.05, 0) is 67.3 Å². The fourth-order valence-corrected chi connectivity index (χ4v) is 4.13. The number of ether oxygens (including phenoxy) is 2. The van der Waals surface area contributed by atoms with E-state index >= 15 is 0 Å². The van der Waals surface area contributed by atoms with Crippen molar-refractivity contribution in [1.82, 2.24) is 10.3 Å². The molecule has 0 aliphatic heterocycles. The number of hydrogen-bond acceptors (Lipinski definition) is 6. The Kier molecular flexibility index (Phi) is 7.96. The number of carbonyl (C=O) groups is 2. The predicted molar refractivity (Wildman–Crippen MR) is 148 cm³/mol. The number of aromatic amines is 1. The molecule has 0 aliphatic carbocycles. The molecular weight excluding hydrogens is 484 g/mol. The number of H-pyrrole nitrogens is 1. The fraction of sp³-hybridized carbons (Fsp3) is 0.207. The van der Waals surface area contributed by atoms with Crippen LogP contribution in [0.3, 0.4) is 0 Å². The first kappa shape index (κ1) is 26.3. The summed E-state index contributed by atoms with van der Waals surface area (Å²) in [4.78, 5) is 41.2. The van der Waals surface area contributed by atoms with Crippen molar-refractivity contribution in [3.05, 3.63) is 93.3 Å². The van der Waals surface area contributed by atoms with E-state index in [-0.39, 0.29) is 11.5 Å². The Morgan fingerprint density at radius 3 is 2.45 bits per heavy atom. The molecule has 1 heterocycles. The molecule has 9 nitrogen and oxygen atoms in total. The average molecular weight is 515 g/mol. The minimum Gasteiger partial charge on any atom is -0.493 e. The molecule has 0 fully saturated rings. The quantitative estimate of drug-likeness (QED) is 0.197. The second-order valence-corrected chi connectivity index (χ2v) is 8.89. The number of nitrogen functional groups attached to an aromatic ring is 1. The van der Waals surface area contributed by atoms with Crippen LogP contribution in [0.5, 0.6) is 11.5 Å². The summed E-state index contributed by atoms with van der Waals surface area (Å²) in [6, 6.07) is 17.5. The molecule has 1 aromatic heterocycles. The molecule has 0 saturated carbocycles. The van der Waals surface area contributed by atoms with E-state index in [1.807, 2.05) is 31.2 Å². The van der Waals surface area contributed by atoms with Crippen LogP contribution in [-0.2, 0) is 6.42 Å². The summed E-state index contributed by atoms with van der Waals surface area (Å²) >= 11 is 0. The van der Waals surface area contributed by atoms with Gasteiger partial charge in [0.15, 0.2) is 11.5 Å². The number of benzene rings is 3. The van der Waals surface area contributed by atoms with Crippen LogP contribution in [0.25, 0.3) is 10.9 Å². The van der Waals surface area contributed by atoms with Crippen molar-refractivity contribution in [3.8, 4) is 11.5 Å². The monoisotopic (exact) mass is 514 g/mol. The maximum absolute atomic E-state index is 13.1. The van der Waals surface area contributed by atoms with E-state index in [1.165, 1.54) is 20.3 Å². The number of aromatic nitrogens is 1. The van der Waals surface area contributed by atoms with E-state index in [1.54, 1.807) is 30.3 Å². The Hall–Kier alpha value is -4.79. The topological polar surface area (TPSA) is 136 Å². The highest BCUT2D eigenvalue weighted by atomic mass is 16.5. The second-order valence-electron chi connectivity index (χ2n) is 8.89. The molecule has 196 valence electrons. The summed E-state index contributed by atoms with van der Waals surface area (Å²) in [6.07, 6.45) is 1.55. The lowest BCUT2D eigenvalue weighted by molar-refractivity contribution is 0.0951. The van der Waals surface area contributed by atoms with Gasteiger partial charge >= 0.3 is 0 Å². The lowest BCUT2D eigenvalue weighted by Crippen LogP contribution is -2.26. The highest BCUT2D eigenvalue weighted by Crippen LogP contribution is 2.31. The zero-order valence-corrected chi connectivity index (χ0v) is 21.5. The molecule has 0 radical (unpaired) electrons. The first-order chi connectivity index (χ1) is 18.3. The number of methoxy groups -OCH3 is 2. The van der Waals surface area contributed by atoms with Crippen LogP contribution in [0, 0.1) is 6.92 Å². The maximum Gasteiger partial charge on any atom is 0.261 e. The summed E-state index contributed by atoms with van der Waals surface area (Å²) in [6.45, 7) is 2.30. The SMILES string of the molecule is COc1cc2cc(C(=O)Nc3cc(C(=O)NCCCc4cccc(N)c4)ccc3C)c(=O)[nH]c2cc1OC. The maximum atomic E-state index is 13.1. The molecule has 9 heteroatoms. The van der Waals surface area contributed by atoms with Gasteiger partial charge in [0.2, 0.25) is 0 Å². The highest BCUT2D eigenvalue weighted by Gasteiger charge is 2.16. The summed E-state index contributed by atoms with van der Waals surface area (Å²) < 4.78 is 10.6. The third kappa shape index (κ3) is 5.95. The number of hydrogen-bond donors (Lipinski definition) is 4. The number of nitrogens with two attached hydrogens (primary N) is 1. The Balaban J connectivity index is 1.46. The normalized spacial score (nSPS) is 10.7. The largest absolute Gasteiger partial charge is 0.493 e. The van der Waals surface area contributed by atoms with E-state index in [0.717, 1.165) is 24.0 Å². The van der Waals surface area contributed by atoms with E-state index in [9.17, 15) is 14.4 Å². The minimum atomic E-state index is -0.592. The van der Waals surface area contributed by atoms with E-state index < -0.39 is 11.5 Å². The first-order valence-electron chi connectivity index (χ1n) is 12.1. The van der Waals surface area contributed by atoms with Gasteiger partial charge in [0.1, 0.15) is 5.56 Å². The summed E-state index contributed by atoms with van der Waals surface area (Å²) in [5.41, 5.74) is 9.12. The number of pyridine rings is 1. The summed E-state index contributed by atoms with van der Waals surface area (Å²) in [7, 11) is 3.01. The molecule has 38 heavy (non-hydrogen) atoms. The number of amides is 2. The number of fused-ring (bicyclic) bond motifs is 1. The summed E-state index contributed by atoms with van der Waals surface area (Å²) in [5, 5.41) is 6.28. The van der Waals surface area contributed by atoms with Crippen LogP contribution < -0.4 is 31.4 Å². The molecule has 3 aromatic carbocycles. The van der Waals surface area contributed by atoms with Crippen LogP contribution in [0.1, 0.15) is 38.3 Å². The molecule has 0 bridgehead atoms. The van der Waals surface area contributed by atoms with Crippen molar-refractivity contribution in [2.45, 2.75) is 19.8 Å². The van der Waals surface area contributed by atoms with Gasteiger partial charge in [0.25, 0.3) is 17.4 Å². The zero-order chi connectivity index (χ0) is 27.2. The first-order valence-corrected chi connectivity index (χ1v) is 12.1. The van der Waals surface area contributed by atoms with Crippen molar-refractivity contribution < 1.29 is 19.1 Å². The molecule has 0 spiro atoms. The van der Waals surface area contributed by atoms with Gasteiger partial charge in [-0.25, -0.2) is 0 Å².